The van der Waals surface area contributed by atoms with E-state index < -0.39 is 0 Å². The lowest BCUT2D eigenvalue weighted by molar-refractivity contribution is -0.121. The highest BCUT2D eigenvalue weighted by Crippen LogP contribution is 2.16. The van der Waals surface area contributed by atoms with Crippen molar-refractivity contribution < 1.29 is 4.79 Å². The molecule has 5 nitrogen and oxygen atoms in total. The Bertz CT molecular complexity index is 1060. The monoisotopic (exact) mass is 346 g/mol. The van der Waals surface area contributed by atoms with Gasteiger partial charge in [0, 0.05) is 37.8 Å². The van der Waals surface area contributed by atoms with E-state index in [2.05, 4.69) is 43.7 Å². The Kier molecular flexibility index (Phi) is 4.44. The van der Waals surface area contributed by atoms with E-state index in [0.717, 1.165) is 23.4 Å². The second-order valence-electron chi connectivity index (χ2n) is 6.47. The Labute approximate surface area is 152 Å². The lowest BCUT2D eigenvalue weighted by atomic mass is 10.2. The van der Waals surface area contributed by atoms with Crippen LogP contribution in [0.3, 0.4) is 0 Å². The summed E-state index contributed by atoms with van der Waals surface area (Å²) < 4.78 is 4.28. The predicted octanol–water partition coefficient (Wildman–Crippen LogP) is 3.51. The number of benzene rings is 2. The molecule has 0 fully saturated rings. The second kappa shape index (κ2) is 7.04. The van der Waals surface area contributed by atoms with E-state index in [1.807, 2.05) is 43.5 Å². The fraction of sp³-hybridized carbons (Fsp3) is 0.238. The van der Waals surface area contributed by atoms with Crippen molar-refractivity contribution in [3.05, 3.63) is 66.6 Å². The third-order valence-corrected chi connectivity index (χ3v) is 4.76. The Balaban J connectivity index is 1.32. The lowest BCUT2D eigenvalue weighted by Crippen LogP contribution is -2.28. The van der Waals surface area contributed by atoms with Crippen LogP contribution in [0.2, 0.25) is 0 Å². The van der Waals surface area contributed by atoms with Crippen LogP contribution in [-0.4, -0.2) is 26.6 Å². The summed E-state index contributed by atoms with van der Waals surface area (Å²) >= 11 is 0. The number of carbonyl (C=O) groups is 1. The molecule has 0 aliphatic carbocycles. The van der Waals surface area contributed by atoms with Crippen LogP contribution in [0.4, 0.5) is 0 Å². The first-order valence-corrected chi connectivity index (χ1v) is 8.95. The first-order chi connectivity index (χ1) is 12.7. The van der Waals surface area contributed by atoms with Gasteiger partial charge in [-0.15, -0.1) is 0 Å². The van der Waals surface area contributed by atoms with E-state index in [1.54, 1.807) is 0 Å². The van der Waals surface area contributed by atoms with Crippen molar-refractivity contribution in [3.63, 3.8) is 0 Å². The number of nitrogens with zero attached hydrogens (tertiary/aromatic N) is 3. The number of aryl methyl sites for hydroxylation is 2. The minimum atomic E-state index is 0.0739. The highest BCUT2D eigenvalue weighted by Gasteiger charge is 2.08. The van der Waals surface area contributed by atoms with Crippen molar-refractivity contribution in [3.8, 4) is 0 Å². The van der Waals surface area contributed by atoms with Gasteiger partial charge in [-0.05, 0) is 36.6 Å². The SMILES string of the molecule is Cc1nc2ccccc2n1CCNC(=O)CCn1ccc2ccccc21. The molecule has 1 amide bonds. The van der Waals surface area contributed by atoms with Crippen molar-refractivity contribution in [2.45, 2.75) is 26.4 Å². The molecule has 0 unspecified atom stereocenters. The fourth-order valence-corrected chi connectivity index (χ4v) is 3.43. The quantitative estimate of drug-likeness (QED) is 0.581. The number of rotatable bonds is 6. The molecule has 0 bridgehead atoms. The average molecular weight is 346 g/mol. The minimum absolute atomic E-state index is 0.0739. The van der Waals surface area contributed by atoms with Gasteiger partial charge >= 0.3 is 0 Å². The van der Waals surface area contributed by atoms with Crippen LogP contribution in [0.5, 0.6) is 0 Å². The summed E-state index contributed by atoms with van der Waals surface area (Å²) in [5.41, 5.74) is 3.27. The van der Waals surface area contributed by atoms with Crippen molar-refractivity contribution in [1.82, 2.24) is 19.4 Å². The zero-order valence-electron chi connectivity index (χ0n) is 14.9. The predicted molar refractivity (Wildman–Crippen MR) is 104 cm³/mol. The van der Waals surface area contributed by atoms with Gasteiger partial charge in [-0.1, -0.05) is 30.3 Å². The molecule has 0 saturated carbocycles. The Morgan fingerprint density at radius 3 is 2.65 bits per heavy atom. The molecule has 2 aromatic carbocycles. The molecule has 2 heterocycles. The Hall–Kier alpha value is -3.08. The molecule has 0 aliphatic rings. The average Bonchev–Trinajstić information content (AvgIpc) is 3.21. The van der Waals surface area contributed by atoms with E-state index in [-0.39, 0.29) is 5.91 Å². The van der Waals surface area contributed by atoms with Gasteiger partial charge in [-0.2, -0.15) is 0 Å². The number of para-hydroxylation sites is 3. The molecule has 2 aromatic heterocycles. The number of carbonyl (C=O) groups excluding carboxylic acids is 1. The molecule has 0 saturated heterocycles. The zero-order chi connectivity index (χ0) is 17.9. The van der Waals surface area contributed by atoms with Gasteiger partial charge in [0.25, 0.3) is 0 Å². The van der Waals surface area contributed by atoms with Crippen LogP contribution < -0.4 is 5.32 Å². The first-order valence-electron chi connectivity index (χ1n) is 8.95. The summed E-state index contributed by atoms with van der Waals surface area (Å²) in [6.07, 6.45) is 2.52. The first kappa shape index (κ1) is 16.4. The standard InChI is InChI=1S/C21H22N4O/c1-16-23-18-7-3-5-9-20(18)25(16)15-12-22-21(26)11-14-24-13-10-17-6-2-4-8-19(17)24/h2-10,13H,11-12,14-15H2,1H3,(H,22,26). The maximum absolute atomic E-state index is 12.2. The van der Waals surface area contributed by atoms with Crippen LogP contribution in [0, 0.1) is 6.92 Å². The van der Waals surface area contributed by atoms with Crippen molar-refractivity contribution in [2.75, 3.05) is 6.54 Å². The highest BCUT2D eigenvalue weighted by molar-refractivity contribution is 5.80. The van der Waals surface area contributed by atoms with E-state index in [1.165, 1.54) is 10.9 Å². The maximum atomic E-state index is 12.2. The molecule has 0 aliphatic heterocycles. The van der Waals surface area contributed by atoms with Crippen molar-refractivity contribution in [2.24, 2.45) is 0 Å². The molecule has 0 atom stereocenters. The minimum Gasteiger partial charge on any atom is -0.354 e. The summed E-state index contributed by atoms with van der Waals surface area (Å²) in [4.78, 5) is 16.8. The van der Waals surface area contributed by atoms with E-state index in [0.29, 0.717) is 19.5 Å². The third kappa shape index (κ3) is 3.20. The topological polar surface area (TPSA) is 51.9 Å². The second-order valence-corrected chi connectivity index (χ2v) is 6.47. The number of hydrogen-bond acceptors (Lipinski definition) is 2. The van der Waals surface area contributed by atoms with Gasteiger partial charge in [0.15, 0.2) is 0 Å². The maximum Gasteiger partial charge on any atom is 0.221 e. The molecular formula is C21H22N4O. The molecule has 4 rings (SSSR count). The van der Waals surface area contributed by atoms with Crippen LogP contribution in [0.25, 0.3) is 21.9 Å². The van der Waals surface area contributed by atoms with Gasteiger partial charge in [-0.25, -0.2) is 4.98 Å². The largest absolute Gasteiger partial charge is 0.354 e. The number of nitrogens with one attached hydrogen (secondary N) is 1. The van der Waals surface area contributed by atoms with Crippen molar-refractivity contribution >= 4 is 27.8 Å². The molecule has 0 spiro atoms. The van der Waals surface area contributed by atoms with Crippen molar-refractivity contribution in [1.29, 1.82) is 0 Å². The fourth-order valence-electron chi connectivity index (χ4n) is 3.43. The van der Waals surface area contributed by atoms with Gasteiger partial charge in [-0.3, -0.25) is 4.79 Å². The number of fused-ring (bicyclic) bond motifs is 2. The molecular weight excluding hydrogens is 324 g/mol. The van der Waals surface area contributed by atoms with Crippen LogP contribution >= 0.6 is 0 Å². The summed E-state index contributed by atoms with van der Waals surface area (Å²) in [5, 5.41) is 4.23. The zero-order valence-corrected chi connectivity index (χ0v) is 14.9. The molecule has 5 heteroatoms. The van der Waals surface area contributed by atoms with Crippen LogP contribution in [0.15, 0.2) is 60.8 Å². The number of imidazole rings is 1. The third-order valence-electron chi connectivity index (χ3n) is 4.76. The van der Waals surface area contributed by atoms with Gasteiger partial charge in [0.2, 0.25) is 5.91 Å². The Morgan fingerprint density at radius 2 is 1.77 bits per heavy atom. The van der Waals surface area contributed by atoms with E-state index >= 15 is 0 Å². The molecule has 0 radical (unpaired) electrons. The smallest absolute Gasteiger partial charge is 0.221 e. The van der Waals surface area contributed by atoms with Gasteiger partial charge in [0.1, 0.15) is 5.82 Å². The van der Waals surface area contributed by atoms with E-state index in [4.69, 9.17) is 0 Å². The number of aromatic nitrogens is 3. The summed E-state index contributed by atoms with van der Waals surface area (Å²) in [6, 6.07) is 18.4. The summed E-state index contributed by atoms with van der Waals surface area (Å²) in [5.74, 6) is 1.05. The molecule has 132 valence electrons. The lowest BCUT2D eigenvalue weighted by Gasteiger charge is -2.09. The Morgan fingerprint density at radius 1 is 1.00 bits per heavy atom. The normalized spacial score (nSPS) is 11.3. The van der Waals surface area contributed by atoms with Gasteiger partial charge < -0.3 is 14.5 Å². The molecule has 4 aromatic rings. The number of hydrogen-bond donors (Lipinski definition) is 1. The number of amides is 1. The molecule has 26 heavy (non-hydrogen) atoms. The summed E-state index contributed by atoms with van der Waals surface area (Å²) in [7, 11) is 0. The highest BCUT2D eigenvalue weighted by atomic mass is 16.1. The van der Waals surface area contributed by atoms with Gasteiger partial charge in [0.05, 0.1) is 11.0 Å². The molecule has 1 N–H and O–H groups in total. The van der Waals surface area contributed by atoms with E-state index in [9.17, 15) is 4.79 Å². The van der Waals surface area contributed by atoms with Crippen LogP contribution in [0.1, 0.15) is 12.2 Å². The van der Waals surface area contributed by atoms with Crippen LogP contribution in [-0.2, 0) is 17.9 Å². The summed E-state index contributed by atoms with van der Waals surface area (Å²) in [6.45, 7) is 4.02.